The van der Waals surface area contributed by atoms with Crippen LogP contribution in [0.2, 0.25) is 0 Å². The van der Waals surface area contributed by atoms with Crippen LogP contribution >= 0.6 is 12.4 Å². The van der Waals surface area contributed by atoms with Crippen LogP contribution in [-0.2, 0) is 0 Å². The van der Waals surface area contributed by atoms with Crippen LogP contribution in [0.25, 0.3) is 0 Å². The van der Waals surface area contributed by atoms with E-state index in [2.05, 4.69) is 10.6 Å². The molecule has 35 heavy (non-hydrogen) atoms. The summed E-state index contributed by atoms with van der Waals surface area (Å²) in [5, 5.41) is 6.38. The van der Waals surface area contributed by atoms with Crippen LogP contribution < -0.4 is 32.0 Å². The third-order valence-electron chi connectivity index (χ3n) is 5.75. The minimum atomic E-state index is -0.913. The zero-order valence-electron chi connectivity index (χ0n) is 19.0. The van der Waals surface area contributed by atoms with Crippen LogP contribution in [0.5, 0.6) is 5.75 Å². The summed E-state index contributed by atoms with van der Waals surface area (Å²) in [5.74, 6) is -1.12. The minimum absolute atomic E-state index is 0. The lowest BCUT2D eigenvalue weighted by molar-refractivity contribution is 0.414. The number of hydrogen-bond acceptors (Lipinski definition) is 6. The summed E-state index contributed by atoms with van der Waals surface area (Å²) in [5.41, 5.74) is 7.18. The molecule has 4 aromatic rings. The van der Waals surface area contributed by atoms with Gasteiger partial charge in [-0.05, 0) is 60.0 Å². The maximum atomic E-state index is 13.8. The highest BCUT2D eigenvalue weighted by Crippen LogP contribution is 2.30. The average molecular weight is 500 g/mol. The highest BCUT2D eigenvalue weighted by Gasteiger charge is 2.21. The van der Waals surface area contributed by atoms with E-state index in [9.17, 15) is 18.4 Å². The van der Waals surface area contributed by atoms with Crippen LogP contribution in [0.3, 0.4) is 0 Å². The highest BCUT2D eigenvalue weighted by atomic mass is 35.5. The molecular formula is C26H24ClF2N3O3. The zero-order chi connectivity index (χ0) is 24.4. The maximum Gasteiger partial charge on any atom is 0.253 e. The monoisotopic (exact) mass is 499 g/mol. The van der Waals surface area contributed by atoms with Gasteiger partial charge in [0.1, 0.15) is 17.1 Å². The van der Waals surface area contributed by atoms with E-state index in [1.54, 1.807) is 19.2 Å². The molecular weight excluding hydrogens is 476 g/mol. The van der Waals surface area contributed by atoms with Crippen molar-refractivity contribution < 1.29 is 13.5 Å². The van der Waals surface area contributed by atoms with Crippen molar-refractivity contribution in [3.63, 3.8) is 0 Å². The van der Waals surface area contributed by atoms with Crippen molar-refractivity contribution in [2.45, 2.75) is 19.0 Å². The molecule has 4 N–H and O–H groups in total. The van der Waals surface area contributed by atoms with Crippen molar-refractivity contribution in [2.75, 3.05) is 18.2 Å². The van der Waals surface area contributed by atoms with E-state index in [0.29, 0.717) is 17.0 Å². The molecule has 0 amide bonds. The summed E-state index contributed by atoms with van der Waals surface area (Å²) in [6.45, 7) is 1.86. The normalized spacial score (nSPS) is 12.6. The summed E-state index contributed by atoms with van der Waals surface area (Å²) >= 11 is 0. The molecule has 4 rings (SSSR count). The van der Waals surface area contributed by atoms with E-state index in [1.807, 2.05) is 43.3 Å². The first-order chi connectivity index (χ1) is 16.3. The molecule has 6 nitrogen and oxygen atoms in total. The lowest BCUT2D eigenvalue weighted by Crippen LogP contribution is -2.36. The minimum Gasteiger partial charge on any atom is -0.497 e. The van der Waals surface area contributed by atoms with Crippen molar-refractivity contribution in [2.24, 2.45) is 0 Å². The van der Waals surface area contributed by atoms with Gasteiger partial charge in [-0.2, -0.15) is 0 Å². The van der Waals surface area contributed by atoms with E-state index in [0.717, 1.165) is 17.2 Å². The van der Waals surface area contributed by atoms with Gasteiger partial charge in [0.05, 0.1) is 13.2 Å². The Hall–Kier alpha value is -3.75. The molecule has 9 heteroatoms. The van der Waals surface area contributed by atoms with E-state index in [4.69, 9.17) is 10.5 Å². The molecule has 182 valence electrons. The number of anilines is 3. The smallest absolute Gasteiger partial charge is 0.253 e. The zero-order valence-corrected chi connectivity index (χ0v) is 19.8. The first kappa shape index (κ1) is 25.9. The molecule has 0 aliphatic rings. The van der Waals surface area contributed by atoms with Crippen molar-refractivity contribution in [1.82, 2.24) is 5.32 Å². The van der Waals surface area contributed by atoms with Gasteiger partial charge in [-0.1, -0.05) is 30.3 Å². The molecule has 0 aliphatic heterocycles. The van der Waals surface area contributed by atoms with Crippen molar-refractivity contribution in [3.05, 3.63) is 116 Å². The number of nitrogen functional groups attached to an aromatic ring is 1. The molecule has 0 heterocycles. The summed E-state index contributed by atoms with van der Waals surface area (Å²) < 4.78 is 32.5. The Labute approximate surface area is 206 Å². The fraction of sp³-hybridized carbons (Fsp3) is 0.154. The Balaban J connectivity index is 0.00000342. The van der Waals surface area contributed by atoms with Gasteiger partial charge >= 0.3 is 0 Å². The predicted octanol–water partition coefficient (Wildman–Crippen LogP) is 4.76. The molecule has 0 saturated carbocycles. The van der Waals surface area contributed by atoms with Gasteiger partial charge < -0.3 is 15.8 Å². The van der Waals surface area contributed by atoms with Crippen molar-refractivity contribution in [1.29, 1.82) is 0 Å². The van der Waals surface area contributed by atoms with E-state index in [1.165, 1.54) is 12.1 Å². The second kappa shape index (κ2) is 10.7. The fourth-order valence-electron chi connectivity index (χ4n) is 3.78. The summed E-state index contributed by atoms with van der Waals surface area (Å²) in [4.78, 5) is 23.2. The topological polar surface area (TPSA) is 93.4 Å². The van der Waals surface area contributed by atoms with Gasteiger partial charge in [0.15, 0.2) is 11.6 Å². The van der Waals surface area contributed by atoms with Gasteiger partial charge in [-0.3, -0.25) is 14.9 Å². The Morgan fingerprint density at radius 3 is 2.17 bits per heavy atom. The molecule has 2 atom stereocenters. The van der Waals surface area contributed by atoms with E-state index < -0.39 is 22.5 Å². The molecule has 0 bridgehead atoms. The van der Waals surface area contributed by atoms with Crippen LogP contribution in [0, 0.1) is 11.6 Å². The fourth-order valence-corrected chi connectivity index (χ4v) is 3.78. The Bertz CT molecular complexity index is 1400. The molecule has 2 unspecified atom stereocenters. The Morgan fingerprint density at radius 2 is 1.54 bits per heavy atom. The second-order valence-electron chi connectivity index (χ2n) is 7.97. The number of hydrogen-bond donors (Lipinski definition) is 3. The van der Waals surface area contributed by atoms with Crippen LogP contribution in [0.15, 0.2) is 76.3 Å². The maximum absolute atomic E-state index is 13.8. The number of halogens is 3. The Morgan fingerprint density at radius 1 is 0.857 bits per heavy atom. The number of nitrogens with one attached hydrogen (secondary N) is 2. The third kappa shape index (κ3) is 5.34. The lowest BCUT2D eigenvalue weighted by Gasteiger charge is -2.25. The summed E-state index contributed by atoms with van der Waals surface area (Å²) in [6, 6.07) is 17.9. The van der Waals surface area contributed by atoms with Gasteiger partial charge in [0.25, 0.3) is 10.9 Å². The highest BCUT2D eigenvalue weighted by molar-refractivity contribution is 5.85. The molecule has 0 aromatic heterocycles. The number of methoxy groups -OCH3 is 1. The van der Waals surface area contributed by atoms with E-state index >= 15 is 0 Å². The summed E-state index contributed by atoms with van der Waals surface area (Å²) in [6.07, 6.45) is 0. The third-order valence-corrected chi connectivity index (χ3v) is 5.75. The van der Waals surface area contributed by atoms with Gasteiger partial charge in [0.2, 0.25) is 0 Å². The lowest BCUT2D eigenvalue weighted by atomic mass is 9.96. The number of benzene rings is 3. The predicted molar refractivity (Wildman–Crippen MR) is 135 cm³/mol. The Kier molecular flexibility index (Phi) is 7.89. The van der Waals surface area contributed by atoms with Gasteiger partial charge in [-0.15, -0.1) is 12.4 Å². The van der Waals surface area contributed by atoms with Crippen LogP contribution in [0.4, 0.5) is 25.8 Å². The van der Waals surface area contributed by atoms with Crippen molar-refractivity contribution >= 4 is 29.5 Å². The van der Waals surface area contributed by atoms with Crippen LogP contribution in [0.1, 0.15) is 35.7 Å². The molecule has 0 fully saturated rings. The first-order valence-corrected chi connectivity index (χ1v) is 10.6. The standard InChI is InChI=1S/C26H23F2N3O3.ClH/c1-14(16-8-11-20(27)21(28)13-16)30-23(15-6-9-19(34-2)10-7-15)17-4-3-5-18(12-17)31-24-22(29)25(32)26(24)33;/h3-14,23,30-31H,29H2,1-2H3;1H. The van der Waals surface area contributed by atoms with Crippen molar-refractivity contribution in [3.8, 4) is 5.75 Å². The summed E-state index contributed by atoms with van der Waals surface area (Å²) in [7, 11) is 1.58. The largest absolute Gasteiger partial charge is 0.497 e. The number of rotatable bonds is 8. The molecule has 0 spiro atoms. The number of ether oxygens (including phenoxy) is 1. The SMILES string of the molecule is COc1ccc(C(NC(C)c2ccc(F)c(F)c2)c2cccc(Nc3c(N)c(=O)c3=O)c2)cc1.Cl. The molecule has 0 radical (unpaired) electrons. The molecule has 0 saturated heterocycles. The van der Waals surface area contributed by atoms with Gasteiger partial charge in [0, 0.05) is 11.7 Å². The second-order valence-corrected chi connectivity index (χ2v) is 7.97. The molecule has 4 aromatic carbocycles. The average Bonchev–Trinajstić information content (AvgIpc) is 2.87. The van der Waals surface area contributed by atoms with Crippen LogP contribution in [-0.4, -0.2) is 7.11 Å². The quantitative estimate of drug-likeness (QED) is 0.303. The first-order valence-electron chi connectivity index (χ1n) is 10.6. The van der Waals surface area contributed by atoms with Gasteiger partial charge in [-0.25, -0.2) is 8.78 Å². The number of nitrogens with two attached hydrogens (primary N) is 1. The van der Waals surface area contributed by atoms with E-state index in [-0.39, 0.29) is 35.9 Å². The molecule has 0 aliphatic carbocycles.